The van der Waals surface area contributed by atoms with E-state index >= 15 is 0 Å². The average molecular weight is 338 g/mol. The maximum absolute atomic E-state index is 12.4. The second-order valence-corrected chi connectivity index (χ2v) is 7.20. The van der Waals surface area contributed by atoms with Crippen molar-refractivity contribution in [3.63, 3.8) is 0 Å². The van der Waals surface area contributed by atoms with E-state index in [9.17, 15) is 23.9 Å². The largest absolute Gasteiger partial charge is 0.469 e. The summed E-state index contributed by atoms with van der Waals surface area (Å²) >= 11 is 0. The lowest BCUT2D eigenvalue weighted by Crippen LogP contribution is -2.49. The lowest BCUT2D eigenvalue weighted by Gasteiger charge is -2.40. The van der Waals surface area contributed by atoms with Gasteiger partial charge in [0, 0.05) is 6.42 Å². The first-order valence-electron chi connectivity index (χ1n) is 7.41. The highest BCUT2D eigenvalue weighted by Crippen LogP contribution is 2.59. The van der Waals surface area contributed by atoms with E-state index in [2.05, 4.69) is 4.74 Å². The zero-order chi connectivity index (χ0) is 17.6. The standard InChI is InChI=1S/C14H27O7P/c1-6-11(10(4)9-12(15)20-5)14(7-2,22(17,18)19)13(16)21-8-3/h10-11H,6-9H2,1-5H3,(H2,17,18,19). The van der Waals surface area contributed by atoms with E-state index in [0.717, 1.165) is 0 Å². The molecule has 0 aromatic carbocycles. The van der Waals surface area contributed by atoms with Crippen molar-refractivity contribution in [2.45, 2.75) is 52.1 Å². The van der Waals surface area contributed by atoms with Crippen LogP contribution >= 0.6 is 7.60 Å². The lowest BCUT2D eigenvalue weighted by molar-refractivity contribution is -0.151. The molecule has 0 rings (SSSR count). The first kappa shape index (κ1) is 21.1. The molecule has 3 atom stereocenters. The van der Waals surface area contributed by atoms with Gasteiger partial charge in [-0.05, 0) is 25.2 Å². The van der Waals surface area contributed by atoms with Crippen molar-refractivity contribution in [2.24, 2.45) is 11.8 Å². The number of methoxy groups -OCH3 is 1. The molecule has 0 radical (unpaired) electrons. The molecule has 0 aromatic rings. The molecular formula is C14H27O7P. The van der Waals surface area contributed by atoms with Crippen molar-refractivity contribution >= 4 is 19.5 Å². The Morgan fingerprint density at radius 1 is 1.23 bits per heavy atom. The Morgan fingerprint density at radius 3 is 2.09 bits per heavy atom. The molecular weight excluding hydrogens is 311 g/mol. The molecule has 0 aliphatic carbocycles. The molecule has 22 heavy (non-hydrogen) atoms. The summed E-state index contributed by atoms with van der Waals surface area (Å²) in [4.78, 5) is 43.6. The fourth-order valence-electron chi connectivity index (χ4n) is 3.05. The van der Waals surface area contributed by atoms with Gasteiger partial charge < -0.3 is 19.3 Å². The molecule has 0 saturated heterocycles. The van der Waals surface area contributed by atoms with Gasteiger partial charge in [-0.25, -0.2) is 0 Å². The molecule has 0 aromatic heterocycles. The molecule has 3 unspecified atom stereocenters. The number of rotatable bonds is 9. The zero-order valence-electron chi connectivity index (χ0n) is 13.9. The van der Waals surface area contributed by atoms with Crippen LogP contribution in [0.1, 0.15) is 47.0 Å². The highest BCUT2D eigenvalue weighted by molar-refractivity contribution is 7.54. The predicted molar refractivity (Wildman–Crippen MR) is 81.3 cm³/mol. The molecule has 0 bridgehead atoms. The van der Waals surface area contributed by atoms with Crippen LogP contribution in [0.15, 0.2) is 0 Å². The molecule has 7 nitrogen and oxygen atoms in total. The average Bonchev–Trinajstić information content (AvgIpc) is 2.42. The maximum Gasteiger partial charge on any atom is 0.343 e. The lowest BCUT2D eigenvalue weighted by atomic mass is 9.77. The van der Waals surface area contributed by atoms with Crippen LogP contribution in [0.4, 0.5) is 0 Å². The summed E-state index contributed by atoms with van der Waals surface area (Å²) in [6.07, 6.45) is 0.242. The number of hydrogen-bond donors (Lipinski definition) is 2. The van der Waals surface area contributed by atoms with Crippen molar-refractivity contribution in [1.29, 1.82) is 0 Å². The van der Waals surface area contributed by atoms with Gasteiger partial charge in [-0.15, -0.1) is 0 Å². The molecule has 0 spiro atoms. The fraction of sp³-hybridized carbons (Fsp3) is 0.857. The first-order chi connectivity index (χ1) is 10.1. The van der Waals surface area contributed by atoms with Crippen LogP contribution in [0.2, 0.25) is 0 Å². The van der Waals surface area contributed by atoms with Crippen molar-refractivity contribution in [3.8, 4) is 0 Å². The molecule has 2 N–H and O–H groups in total. The van der Waals surface area contributed by atoms with Gasteiger partial charge in [0.25, 0.3) is 0 Å². The van der Waals surface area contributed by atoms with E-state index in [1.165, 1.54) is 7.11 Å². The van der Waals surface area contributed by atoms with Crippen LogP contribution in [0.25, 0.3) is 0 Å². The molecule has 8 heteroatoms. The van der Waals surface area contributed by atoms with Crippen LogP contribution in [0.3, 0.4) is 0 Å². The SMILES string of the molecule is CCOC(=O)C(CC)(C(CC)C(C)CC(=O)OC)P(=O)(O)O. The summed E-state index contributed by atoms with van der Waals surface area (Å²) in [7, 11) is -3.55. The highest BCUT2D eigenvalue weighted by Gasteiger charge is 2.59. The fourth-order valence-corrected chi connectivity index (χ4v) is 4.64. The molecule has 0 fully saturated rings. The van der Waals surface area contributed by atoms with Gasteiger partial charge in [0.15, 0.2) is 5.16 Å². The third kappa shape index (κ3) is 4.31. The maximum atomic E-state index is 12.4. The van der Waals surface area contributed by atoms with Gasteiger partial charge in [0.1, 0.15) is 0 Å². The van der Waals surface area contributed by atoms with Crippen LogP contribution in [0, 0.1) is 11.8 Å². The Morgan fingerprint density at radius 2 is 1.77 bits per heavy atom. The molecule has 0 aliphatic heterocycles. The van der Waals surface area contributed by atoms with Crippen molar-refractivity contribution in [3.05, 3.63) is 0 Å². The molecule has 130 valence electrons. The van der Waals surface area contributed by atoms with Crippen molar-refractivity contribution in [2.75, 3.05) is 13.7 Å². The van der Waals surface area contributed by atoms with Gasteiger partial charge in [0.2, 0.25) is 0 Å². The summed E-state index contributed by atoms with van der Waals surface area (Å²) in [5.41, 5.74) is 0. The van der Waals surface area contributed by atoms with Gasteiger partial charge in [-0.1, -0.05) is 27.2 Å². The summed E-state index contributed by atoms with van der Waals surface area (Å²) in [5.74, 6) is -2.52. The topological polar surface area (TPSA) is 110 Å². The van der Waals surface area contributed by atoms with E-state index in [1.54, 1.807) is 27.7 Å². The monoisotopic (exact) mass is 338 g/mol. The van der Waals surface area contributed by atoms with E-state index in [4.69, 9.17) is 4.74 Å². The minimum Gasteiger partial charge on any atom is -0.469 e. The number of carbonyl (C=O) groups excluding carboxylic acids is 2. The Bertz CT molecular complexity index is 431. The minimum absolute atomic E-state index is 0.0177. The summed E-state index contributed by atoms with van der Waals surface area (Å²) in [6.45, 7) is 6.57. The second kappa shape index (κ2) is 8.65. The Labute approximate surface area is 131 Å². The van der Waals surface area contributed by atoms with E-state index in [-0.39, 0.29) is 19.4 Å². The Kier molecular flexibility index (Phi) is 8.29. The molecule has 0 amide bonds. The van der Waals surface area contributed by atoms with E-state index in [1.807, 2.05) is 0 Å². The minimum atomic E-state index is -4.80. The summed E-state index contributed by atoms with van der Waals surface area (Å²) < 4.78 is 21.7. The normalized spacial score (nSPS) is 17.2. The molecule has 0 heterocycles. The Hall–Kier alpha value is -0.910. The van der Waals surface area contributed by atoms with Crippen molar-refractivity contribution in [1.82, 2.24) is 0 Å². The van der Waals surface area contributed by atoms with Gasteiger partial charge in [0.05, 0.1) is 13.7 Å². The van der Waals surface area contributed by atoms with Crippen molar-refractivity contribution < 1.29 is 33.4 Å². The van der Waals surface area contributed by atoms with Gasteiger partial charge in [-0.3, -0.25) is 14.2 Å². The van der Waals surface area contributed by atoms with Gasteiger partial charge >= 0.3 is 19.5 Å². The van der Waals surface area contributed by atoms with Crippen LogP contribution in [-0.2, 0) is 23.6 Å². The quantitative estimate of drug-likeness (QED) is 0.489. The first-order valence-corrected chi connectivity index (χ1v) is 9.03. The number of esters is 2. The summed E-state index contributed by atoms with van der Waals surface area (Å²) in [6, 6.07) is 0. The number of carbonyl (C=O) groups is 2. The molecule has 0 aliphatic rings. The smallest absolute Gasteiger partial charge is 0.343 e. The van der Waals surface area contributed by atoms with E-state index in [0.29, 0.717) is 6.42 Å². The van der Waals surface area contributed by atoms with Gasteiger partial charge in [-0.2, -0.15) is 0 Å². The summed E-state index contributed by atoms with van der Waals surface area (Å²) in [5, 5.41) is -1.94. The molecule has 0 saturated carbocycles. The van der Waals surface area contributed by atoms with E-state index < -0.39 is 36.5 Å². The predicted octanol–water partition coefficient (Wildman–Crippen LogP) is 2.10. The van der Waals surface area contributed by atoms with Crippen LogP contribution in [0.5, 0.6) is 0 Å². The highest BCUT2D eigenvalue weighted by atomic mass is 31.2. The third-order valence-electron chi connectivity index (χ3n) is 4.14. The second-order valence-electron chi connectivity index (χ2n) is 5.31. The Balaban J connectivity index is 5.85. The van der Waals surface area contributed by atoms with Crippen LogP contribution in [-0.4, -0.2) is 40.6 Å². The number of ether oxygens (including phenoxy) is 2. The van der Waals surface area contributed by atoms with Crippen LogP contribution < -0.4 is 0 Å². The third-order valence-corrected chi connectivity index (χ3v) is 6.01. The number of hydrogen-bond acceptors (Lipinski definition) is 5. The zero-order valence-corrected chi connectivity index (χ0v) is 14.8.